The Morgan fingerprint density at radius 3 is 2.67 bits per heavy atom. The van der Waals surface area contributed by atoms with Gasteiger partial charge in [-0.2, -0.15) is 5.10 Å². The van der Waals surface area contributed by atoms with Gasteiger partial charge in [0.15, 0.2) is 10.9 Å². The van der Waals surface area contributed by atoms with Gasteiger partial charge in [-0.25, -0.2) is 4.98 Å². The number of benzene rings is 1. The van der Waals surface area contributed by atoms with E-state index in [0.29, 0.717) is 17.3 Å². The molecule has 4 aromatic rings. The number of rotatable bonds is 6. The fourth-order valence-corrected chi connectivity index (χ4v) is 4.23. The van der Waals surface area contributed by atoms with Crippen molar-refractivity contribution >= 4 is 39.4 Å². The van der Waals surface area contributed by atoms with E-state index < -0.39 is 0 Å². The molecule has 30 heavy (non-hydrogen) atoms. The van der Waals surface area contributed by atoms with Gasteiger partial charge in [-0.05, 0) is 36.8 Å². The Morgan fingerprint density at radius 1 is 1.20 bits per heavy atom. The summed E-state index contributed by atoms with van der Waals surface area (Å²) >= 11 is 5.00. The summed E-state index contributed by atoms with van der Waals surface area (Å²) < 4.78 is 10.4. The maximum atomic E-state index is 12.8. The number of carbonyl (C=O) groups is 1. The topological polar surface area (TPSA) is 77.9 Å². The third-order valence-electron chi connectivity index (χ3n) is 4.59. The number of aromatic nitrogens is 4. The number of amides is 1. The van der Waals surface area contributed by atoms with E-state index in [9.17, 15) is 4.79 Å². The fourth-order valence-electron chi connectivity index (χ4n) is 3.14. The summed E-state index contributed by atoms with van der Waals surface area (Å²) in [6, 6.07) is 11.4. The summed E-state index contributed by atoms with van der Waals surface area (Å²) in [4.78, 5) is 17.1. The molecule has 0 fully saturated rings. The quantitative estimate of drug-likeness (QED) is 0.387. The average molecular weight is 486 g/mol. The van der Waals surface area contributed by atoms with Crippen LogP contribution in [0.15, 0.2) is 62.8 Å². The maximum Gasteiger partial charge on any atom is 0.292 e. The Morgan fingerprint density at radius 2 is 1.97 bits per heavy atom. The van der Waals surface area contributed by atoms with E-state index >= 15 is 0 Å². The number of nitrogens with one attached hydrogen (secondary N) is 1. The summed E-state index contributed by atoms with van der Waals surface area (Å²) in [5, 5.41) is 8.32. The highest BCUT2D eigenvalue weighted by Gasteiger charge is 2.20. The van der Waals surface area contributed by atoms with E-state index in [2.05, 4.69) is 31.3 Å². The summed E-state index contributed by atoms with van der Waals surface area (Å²) in [7, 11) is 3.75. The van der Waals surface area contributed by atoms with Crippen molar-refractivity contribution in [2.75, 3.05) is 5.32 Å². The monoisotopic (exact) mass is 485 g/mol. The molecule has 0 aliphatic heterocycles. The molecule has 154 valence electrons. The largest absolute Gasteiger partial charge is 0.455 e. The summed E-state index contributed by atoms with van der Waals surface area (Å²) in [6.07, 6.45) is 3.64. The van der Waals surface area contributed by atoms with Gasteiger partial charge in [0.05, 0.1) is 11.4 Å². The number of anilines is 1. The van der Waals surface area contributed by atoms with Gasteiger partial charge in [0.1, 0.15) is 11.6 Å². The molecule has 3 aromatic heterocycles. The fraction of sp³-hybridized carbons (Fsp3) is 0.190. The smallest absolute Gasteiger partial charge is 0.292 e. The van der Waals surface area contributed by atoms with E-state index in [4.69, 9.17) is 4.42 Å². The molecule has 0 saturated carbocycles. The van der Waals surface area contributed by atoms with Crippen molar-refractivity contribution in [3.8, 4) is 11.1 Å². The zero-order chi connectivity index (χ0) is 21.3. The lowest BCUT2D eigenvalue weighted by Gasteiger charge is -2.08. The van der Waals surface area contributed by atoms with Crippen molar-refractivity contribution < 1.29 is 9.21 Å². The molecular formula is C21H20BrN5O2S. The minimum Gasteiger partial charge on any atom is -0.455 e. The first-order valence-electron chi connectivity index (χ1n) is 9.22. The van der Waals surface area contributed by atoms with Crippen LogP contribution in [-0.4, -0.2) is 25.2 Å². The van der Waals surface area contributed by atoms with Crippen molar-refractivity contribution in [1.29, 1.82) is 0 Å². The lowest BCUT2D eigenvalue weighted by Crippen LogP contribution is -2.14. The molecule has 0 spiro atoms. The van der Waals surface area contributed by atoms with Gasteiger partial charge >= 0.3 is 0 Å². The molecule has 7 nitrogen and oxygen atoms in total. The van der Waals surface area contributed by atoms with Crippen LogP contribution in [0.25, 0.3) is 11.1 Å². The molecule has 0 unspecified atom stereocenters. The van der Waals surface area contributed by atoms with Gasteiger partial charge in [-0.1, -0.05) is 39.8 Å². The van der Waals surface area contributed by atoms with Gasteiger partial charge in [-0.15, -0.1) is 0 Å². The third-order valence-corrected chi connectivity index (χ3v) is 6.20. The van der Waals surface area contributed by atoms with Crippen LogP contribution in [-0.2, 0) is 19.8 Å². The maximum absolute atomic E-state index is 12.8. The predicted molar refractivity (Wildman–Crippen MR) is 121 cm³/mol. The molecule has 9 heteroatoms. The molecule has 1 aromatic carbocycles. The highest BCUT2D eigenvalue weighted by molar-refractivity contribution is 9.10. The number of halogens is 1. The number of hydrogen-bond acceptors (Lipinski definition) is 5. The van der Waals surface area contributed by atoms with Crippen LogP contribution in [0, 0.1) is 6.92 Å². The second kappa shape index (κ2) is 8.53. The van der Waals surface area contributed by atoms with Crippen LogP contribution < -0.4 is 5.32 Å². The van der Waals surface area contributed by atoms with Crippen LogP contribution in [0.3, 0.4) is 0 Å². The molecule has 0 aliphatic rings. The second-order valence-electron chi connectivity index (χ2n) is 6.77. The van der Waals surface area contributed by atoms with Crippen molar-refractivity contribution in [1.82, 2.24) is 19.3 Å². The highest BCUT2D eigenvalue weighted by atomic mass is 79.9. The van der Waals surface area contributed by atoms with E-state index in [1.54, 1.807) is 28.7 Å². The summed E-state index contributed by atoms with van der Waals surface area (Å²) in [6.45, 7) is 1.92. The Kier molecular flexibility index (Phi) is 5.83. The normalized spacial score (nSPS) is 11.1. The first-order valence-corrected chi connectivity index (χ1v) is 11.0. The molecule has 0 saturated heterocycles. The first-order chi connectivity index (χ1) is 14.4. The minimum atomic E-state index is -0.315. The Balaban J connectivity index is 1.51. The molecular weight excluding hydrogens is 466 g/mol. The number of aryl methyl sites for hydroxylation is 3. The van der Waals surface area contributed by atoms with Crippen LogP contribution >= 0.6 is 27.7 Å². The lowest BCUT2D eigenvalue weighted by atomic mass is 10.1. The first kappa shape index (κ1) is 20.5. The van der Waals surface area contributed by atoms with Gasteiger partial charge in [0, 0.05) is 36.5 Å². The van der Waals surface area contributed by atoms with Gasteiger partial charge in [-0.3, -0.25) is 9.48 Å². The SMILES string of the molecule is Cc1nn(C)c(NC(=O)c2ccc(CSc3nccn3C)o2)c1-c1ccc(Br)cc1. The van der Waals surface area contributed by atoms with Crippen LogP contribution in [0.2, 0.25) is 0 Å². The molecule has 4 rings (SSSR count). The standard InChI is InChI=1S/C21H20BrN5O2S/c1-13-18(14-4-6-15(22)7-5-14)19(27(3)25-13)24-20(28)17-9-8-16(29-17)12-30-21-23-10-11-26(21)2/h4-11H,12H2,1-3H3,(H,24,28). The number of nitrogens with zero attached hydrogens (tertiary/aromatic N) is 4. The zero-order valence-electron chi connectivity index (χ0n) is 16.7. The molecule has 0 radical (unpaired) electrons. The predicted octanol–water partition coefficient (Wildman–Crippen LogP) is 5.03. The Hall–Kier alpha value is -2.78. The van der Waals surface area contributed by atoms with E-state index in [1.807, 2.05) is 62.1 Å². The number of thioether (sulfide) groups is 1. The van der Waals surface area contributed by atoms with Crippen LogP contribution in [0.4, 0.5) is 5.82 Å². The molecule has 0 atom stereocenters. The molecule has 0 bridgehead atoms. The van der Waals surface area contributed by atoms with Crippen molar-refractivity contribution in [3.63, 3.8) is 0 Å². The number of imidazole rings is 1. The summed E-state index contributed by atoms with van der Waals surface area (Å²) in [5.41, 5.74) is 2.70. The lowest BCUT2D eigenvalue weighted by molar-refractivity contribution is 0.0994. The number of hydrogen-bond donors (Lipinski definition) is 1. The van der Waals surface area contributed by atoms with E-state index in [1.165, 1.54) is 0 Å². The van der Waals surface area contributed by atoms with Gasteiger partial charge < -0.3 is 14.3 Å². The minimum absolute atomic E-state index is 0.256. The van der Waals surface area contributed by atoms with Gasteiger partial charge in [0.25, 0.3) is 5.91 Å². The number of carbonyl (C=O) groups excluding carboxylic acids is 1. The van der Waals surface area contributed by atoms with Crippen LogP contribution in [0.1, 0.15) is 22.0 Å². The zero-order valence-corrected chi connectivity index (χ0v) is 19.1. The molecule has 1 N–H and O–H groups in total. The molecule has 1 amide bonds. The molecule has 3 heterocycles. The second-order valence-corrected chi connectivity index (χ2v) is 8.63. The summed E-state index contributed by atoms with van der Waals surface area (Å²) in [5.74, 6) is 1.87. The van der Waals surface area contributed by atoms with Crippen molar-refractivity contribution in [2.45, 2.75) is 17.8 Å². The van der Waals surface area contributed by atoms with E-state index in [0.717, 1.165) is 26.4 Å². The Bertz CT molecular complexity index is 1190. The third kappa shape index (κ3) is 4.22. The van der Waals surface area contributed by atoms with Crippen LogP contribution in [0.5, 0.6) is 0 Å². The van der Waals surface area contributed by atoms with E-state index in [-0.39, 0.29) is 11.7 Å². The highest BCUT2D eigenvalue weighted by Crippen LogP contribution is 2.32. The average Bonchev–Trinajstić information content (AvgIpc) is 3.41. The Labute approximate surface area is 186 Å². The van der Waals surface area contributed by atoms with Crippen molar-refractivity contribution in [2.24, 2.45) is 14.1 Å². The van der Waals surface area contributed by atoms with Crippen molar-refractivity contribution in [3.05, 3.63) is 70.5 Å². The number of furan rings is 1. The molecule has 0 aliphatic carbocycles. The van der Waals surface area contributed by atoms with Gasteiger partial charge in [0.2, 0.25) is 0 Å².